The van der Waals surface area contributed by atoms with Gasteiger partial charge >= 0.3 is 0 Å². The van der Waals surface area contributed by atoms with E-state index in [2.05, 4.69) is 26.0 Å². The summed E-state index contributed by atoms with van der Waals surface area (Å²) in [6.45, 7) is 1.69. The van der Waals surface area contributed by atoms with E-state index in [1.165, 1.54) is 17.3 Å². The van der Waals surface area contributed by atoms with Crippen LogP contribution in [-0.2, 0) is 4.74 Å². The van der Waals surface area contributed by atoms with Crippen molar-refractivity contribution in [2.45, 2.75) is 12.5 Å². The number of anilines is 2. The van der Waals surface area contributed by atoms with Crippen molar-refractivity contribution in [1.82, 2.24) is 19.7 Å². The molecule has 1 aromatic carbocycles. The van der Waals surface area contributed by atoms with Crippen LogP contribution in [0.3, 0.4) is 0 Å². The fourth-order valence-electron chi connectivity index (χ4n) is 3.57. The maximum Gasteiger partial charge on any atom is 0.175 e. The predicted octanol–water partition coefficient (Wildman–Crippen LogP) is 2.02. The van der Waals surface area contributed by atoms with Gasteiger partial charge in [0.05, 0.1) is 13.2 Å². The van der Waals surface area contributed by atoms with Crippen molar-refractivity contribution < 1.29 is 9.47 Å². The standard InChI is InChI=1S/C20H21N7O2/c1-28-15-3-4-26(10-15)14-5-13(6-16(7-14)29-2)17-8-19(22)25-20(18(17)9-21)27-12-23-11-24-27/h5-8,11-12,15H,3-4,10H2,1-2H3,(H2,22,25)/t15-/m1/s1. The SMILES string of the molecule is COc1cc(-c2cc(N)nc(-n3cncn3)c2C#N)cc(N2CC[C@@H](OC)C2)c1. The number of methoxy groups -OCH3 is 2. The van der Waals surface area contributed by atoms with Gasteiger partial charge in [-0.2, -0.15) is 10.4 Å². The molecule has 1 saturated heterocycles. The molecule has 9 heteroatoms. The molecule has 0 unspecified atom stereocenters. The van der Waals surface area contributed by atoms with Crippen molar-refractivity contribution in [2.24, 2.45) is 0 Å². The van der Waals surface area contributed by atoms with Gasteiger partial charge < -0.3 is 20.1 Å². The summed E-state index contributed by atoms with van der Waals surface area (Å²) < 4.78 is 12.4. The summed E-state index contributed by atoms with van der Waals surface area (Å²) in [5.74, 6) is 1.32. The lowest BCUT2D eigenvalue weighted by Gasteiger charge is -2.21. The fourth-order valence-corrected chi connectivity index (χ4v) is 3.57. The molecule has 1 aliphatic heterocycles. The number of ether oxygens (including phenoxy) is 2. The molecular weight excluding hydrogens is 370 g/mol. The molecule has 2 aromatic heterocycles. The van der Waals surface area contributed by atoms with Gasteiger partial charge in [0.1, 0.15) is 35.9 Å². The largest absolute Gasteiger partial charge is 0.497 e. The Kier molecular flexibility index (Phi) is 5.01. The van der Waals surface area contributed by atoms with Crippen LogP contribution in [0.2, 0.25) is 0 Å². The minimum atomic E-state index is 0.204. The number of nitrogens with two attached hydrogens (primary N) is 1. The zero-order chi connectivity index (χ0) is 20.4. The summed E-state index contributed by atoms with van der Waals surface area (Å²) in [7, 11) is 3.35. The maximum absolute atomic E-state index is 9.87. The summed E-state index contributed by atoms with van der Waals surface area (Å²) in [5.41, 5.74) is 8.89. The first-order chi connectivity index (χ1) is 14.1. The van der Waals surface area contributed by atoms with Gasteiger partial charge in [0.25, 0.3) is 0 Å². The summed E-state index contributed by atoms with van der Waals surface area (Å²) >= 11 is 0. The van der Waals surface area contributed by atoms with E-state index in [0.717, 1.165) is 30.8 Å². The lowest BCUT2D eigenvalue weighted by molar-refractivity contribution is 0.121. The number of nitrogens with zero attached hydrogens (tertiary/aromatic N) is 6. The van der Waals surface area contributed by atoms with Gasteiger partial charge in [0.2, 0.25) is 0 Å². The zero-order valence-electron chi connectivity index (χ0n) is 16.2. The molecule has 1 atom stereocenters. The second-order valence-corrected chi connectivity index (χ2v) is 6.76. The van der Waals surface area contributed by atoms with E-state index in [0.29, 0.717) is 22.7 Å². The lowest BCUT2D eigenvalue weighted by Crippen LogP contribution is -2.22. The van der Waals surface area contributed by atoms with E-state index < -0.39 is 0 Å². The Balaban J connectivity index is 1.85. The molecule has 3 aromatic rings. The molecule has 2 N–H and O–H groups in total. The summed E-state index contributed by atoms with van der Waals surface area (Å²) in [5, 5.41) is 14.0. The van der Waals surface area contributed by atoms with Crippen LogP contribution in [0.1, 0.15) is 12.0 Å². The first-order valence-corrected chi connectivity index (χ1v) is 9.15. The highest BCUT2D eigenvalue weighted by Crippen LogP contribution is 2.35. The monoisotopic (exact) mass is 391 g/mol. The highest BCUT2D eigenvalue weighted by Gasteiger charge is 2.24. The molecule has 9 nitrogen and oxygen atoms in total. The topological polar surface area (TPSA) is 115 Å². The molecule has 0 bridgehead atoms. The summed E-state index contributed by atoms with van der Waals surface area (Å²) in [4.78, 5) is 10.5. The summed E-state index contributed by atoms with van der Waals surface area (Å²) in [6, 6.07) is 9.83. The first kappa shape index (κ1) is 18.7. The molecular formula is C20H21N7O2. The van der Waals surface area contributed by atoms with Gasteiger partial charge in [-0.3, -0.25) is 0 Å². The van der Waals surface area contributed by atoms with E-state index in [1.54, 1.807) is 20.3 Å². The van der Waals surface area contributed by atoms with E-state index in [-0.39, 0.29) is 11.9 Å². The Morgan fingerprint density at radius 2 is 2.10 bits per heavy atom. The van der Waals surface area contributed by atoms with Crippen LogP contribution in [0.4, 0.5) is 11.5 Å². The second-order valence-electron chi connectivity index (χ2n) is 6.76. The molecule has 0 aliphatic carbocycles. The molecule has 0 spiro atoms. The molecule has 0 saturated carbocycles. The van der Waals surface area contributed by atoms with Gasteiger partial charge in [-0.25, -0.2) is 14.6 Å². The third-order valence-electron chi connectivity index (χ3n) is 5.05. The van der Waals surface area contributed by atoms with Crippen LogP contribution in [0.25, 0.3) is 16.9 Å². The average Bonchev–Trinajstić information content (AvgIpc) is 3.44. The van der Waals surface area contributed by atoms with Crippen molar-refractivity contribution in [2.75, 3.05) is 37.9 Å². The van der Waals surface area contributed by atoms with Crippen LogP contribution in [-0.4, -0.2) is 53.2 Å². The van der Waals surface area contributed by atoms with Crippen molar-refractivity contribution in [1.29, 1.82) is 5.26 Å². The number of benzene rings is 1. The van der Waals surface area contributed by atoms with Gasteiger partial charge in [-0.15, -0.1) is 0 Å². The van der Waals surface area contributed by atoms with Gasteiger partial charge in [-0.05, 0) is 30.2 Å². The maximum atomic E-state index is 9.87. The Bertz CT molecular complexity index is 1060. The molecule has 1 fully saturated rings. The highest BCUT2D eigenvalue weighted by atomic mass is 16.5. The van der Waals surface area contributed by atoms with Crippen LogP contribution >= 0.6 is 0 Å². The minimum Gasteiger partial charge on any atom is -0.497 e. The molecule has 1 aliphatic rings. The molecule has 0 radical (unpaired) electrons. The number of nitrogen functional groups attached to an aromatic ring is 1. The smallest absolute Gasteiger partial charge is 0.175 e. The zero-order valence-corrected chi connectivity index (χ0v) is 16.2. The van der Waals surface area contributed by atoms with Crippen LogP contribution in [0.5, 0.6) is 5.75 Å². The third kappa shape index (κ3) is 3.58. The molecule has 3 heterocycles. The quantitative estimate of drug-likeness (QED) is 0.702. The Morgan fingerprint density at radius 3 is 2.76 bits per heavy atom. The van der Waals surface area contributed by atoms with Gasteiger partial charge in [0.15, 0.2) is 5.82 Å². The minimum absolute atomic E-state index is 0.204. The highest BCUT2D eigenvalue weighted by molar-refractivity contribution is 5.79. The summed E-state index contributed by atoms with van der Waals surface area (Å²) in [6.07, 6.45) is 4.04. The van der Waals surface area contributed by atoms with E-state index in [9.17, 15) is 5.26 Å². The van der Waals surface area contributed by atoms with Crippen LogP contribution in [0.15, 0.2) is 36.9 Å². The molecule has 0 amide bonds. The number of aromatic nitrogens is 4. The average molecular weight is 391 g/mol. The van der Waals surface area contributed by atoms with E-state index in [4.69, 9.17) is 15.2 Å². The number of pyridine rings is 1. The Morgan fingerprint density at radius 1 is 1.24 bits per heavy atom. The number of hydrogen-bond donors (Lipinski definition) is 1. The first-order valence-electron chi connectivity index (χ1n) is 9.15. The number of rotatable bonds is 5. The van der Waals surface area contributed by atoms with Crippen molar-refractivity contribution >= 4 is 11.5 Å². The predicted molar refractivity (Wildman–Crippen MR) is 108 cm³/mol. The second kappa shape index (κ2) is 7.77. The van der Waals surface area contributed by atoms with Gasteiger partial charge in [0, 0.05) is 37.5 Å². The molecule has 4 rings (SSSR count). The van der Waals surface area contributed by atoms with Crippen molar-refractivity contribution in [3.63, 3.8) is 0 Å². The lowest BCUT2D eigenvalue weighted by atomic mass is 10.00. The Hall–Kier alpha value is -3.64. The number of hydrogen-bond acceptors (Lipinski definition) is 8. The Labute approximate surface area is 168 Å². The normalized spacial score (nSPS) is 16.0. The molecule has 148 valence electrons. The van der Waals surface area contributed by atoms with E-state index in [1.807, 2.05) is 18.2 Å². The number of nitriles is 1. The van der Waals surface area contributed by atoms with Crippen molar-refractivity contribution in [3.8, 4) is 28.8 Å². The third-order valence-corrected chi connectivity index (χ3v) is 5.05. The molecule has 29 heavy (non-hydrogen) atoms. The van der Waals surface area contributed by atoms with Crippen LogP contribution < -0.4 is 15.4 Å². The van der Waals surface area contributed by atoms with Crippen LogP contribution in [0, 0.1) is 11.3 Å². The fraction of sp³-hybridized carbons (Fsp3) is 0.300. The van der Waals surface area contributed by atoms with Crippen molar-refractivity contribution in [3.05, 3.63) is 42.5 Å². The van der Waals surface area contributed by atoms with Gasteiger partial charge in [-0.1, -0.05) is 0 Å². The van der Waals surface area contributed by atoms with E-state index >= 15 is 0 Å².